The summed E-state index contributed by atoms with van der Waals surface area (Å²) in [7, 11) is 0. The minimum atomic E-state index is -1.29. The summed E-state index contributed by atoms with van der Waals surface area (Å²) >= 11 is 0. The van der Waals surface area contributed by atoms with Gasteiger partial charge in [-0.05, 0) is 13.3 Å². The molecule has 7 heteroatoms. The van der Waals surface area contributed by atoms with Gasteiger partial charge in [0.25, 0.3) is 0 Å². The average Bonchev–Trinajstić information content (AvgIpc) is 2.88. The fourth-order valence-electron chi connectivity index (χ4n) is 2.59. The highest BCUT2D eigenvalue weighted by molar-refractivity contribution is 5.87. The van der Waals surface area contributed by atoms with Gasteiger partial charge >= 0.3 is 12.0 Å². The molecule has 0 aromatic rings. The summed E-state index contributed by atoms with van der Waals surface area (Å²) in [6, 6.07) is -0.362. The van der Waals surface area contributed by atoms with E-state index in [1.165, 1.54) is 0 Å². The third-order valence-electron chi connectivity index (χ3n) is 3.98. The van der Waals surface area contributed by atoms with Gasteiger partial charge in [0.2, 0.25) is 0 Å². The smallest absolute Gasteiger partial charge is 0.332 e. The molecule has 2 heterocycles. The molecule has 0 radical (unpaired) electrons. The SMILES string of the molecule is CCC1COC(C)CN1C(=O)NC1(C(=O)O)CCOC1. The number of ether oxygens (including phenoxy) is 2. The van der Waals surface area contributed by atoms with Crippen LogP contribution in [-0.2, 0) is 14.3 Å². The summed E-state index contributed by atoms with van der Waals surface area (Å²) < 4.78 is 10.7. The van der Waals surface area contributed by atoms with Gasteiger partial charge < -0.3 is 24.8 Å². The molecular weight excluding hydrogens is 264 g/mol. The molecule has 2 N–H and O–H groups in total. The third-order valence-corrected chi connectivity index (χ3v) is 3.98. The van der Waals surface area contributed by atoms with Crippen molar-refractivity contribution in [3.05, 3.63) is 0 Å². The first-order valence-corrected chi connectivity index (χ1v) is 7.00. The Morgan fingerprint density at radius 2 is 2.25 bits per heavy atom. The van der Waals surface area contributed by atoms with Crippen molar-refractivity contribution in [1.82, 2.24) is 10.2 Å². The Balaban J connectivity index is 2.07. The van der Waals surface area contributed by atoms with E-state index in [9.17, 15) is 14.7 Å². The lowest BCUT2D eigenvalue weighted by atomic mass is 9.99. The topological polar surface area (TPSA) is 88.1 Å². The van der Waals surface area contributed by atoms with Crippen molar-refractivity contribution in [3.63, 3.8) is 0 Å². The van der Waals surface area contributed by atoms with Crippen molar-refractivity contribution in [2.45, 2.75) is 44.4 Å². The van der Waals surface area contributed by atoms with Gasteiger partial charge in [0.05, 0.1) is 25.4 Å². The normalized spacial score (nSPS) is 34.0. The lowest BCUT2D eigenvalue weighted by Gasteiger charge is -2.39. The quantitative estimate of drug-likeness (QED) is 0.786. The molecule has 0 aliphatic carbocycles. The summed E-state index contributed by atoms with van der Waals surface area (Å²) in [6.45, 7) is 5.21. The van der Waals surface area contributed by atoms with Crippen LogP contribution in [0, 0.1) is 0 Å². The minimum Gasteiger partial charge on any atom is -0.479 e. The minimum absolute atomic E-state index is 0.0145. The van der Waals surface area contributed by atoms with Crippen molar-refractivity contribution in [2.75, 3.05) is 26.4 Å². The van der Waals surface area contributed by atoms with Gasteiger partial charge in [0.15, 0.2) is 5.54 Å². The highest BCUT2D eigenvalue weighted by Crippen LogP contribution is 2.21. The van der Waals surface area contributed by atoms with Crippen molar-refractivity contribution in [2.24, 2.45) is 0 Å². The van der Waals surface area contributed by atoms with Gasteiger partial charge in [0.1, 0.15) is 0 Å². The average molecular weight is 286 g/mol. The number of hydrogen-bond acceptors (Lipinski definition) is 4. The molecule has 2 fully saturated rings. The molecule has 2 rings (SSSR count). The number of carboxylic acid groups (broad SMARTS) is 1. The molecule has 0 aromatic carbocycles. The third kappa shape index (κ3) is 2.88. The number of hydrogen-bond donors (Lipinski definition) is 2. The second-order valence-electron chi connectivity index (χ2n) is 5.48. The summed E-state index contributed by atoms with van der Waals surface area (Å²) in [6.07, 6.45) is 1.03. The van der Waals surface area contributed by atoms with Crippen LogP contribution in [0.15, 0.2) is 0 Å². The monoisotopic (exact) mass is 286 g/mol. The van der Waals surface area contributed by atoms with Gasteiger partial charge in [-0.1, -0.05) is 6.92 Å². The molecular formula is C13H22N2O5. The molecule has 2 aliphatic rings. The molecule has 0 saturated carbocycles. The van der Waals surface area contributed by atoms with E-state index >= 15 is 0 Å². The van der Waals surface area contributed by atoms with Crippen LogP contribution in [0.25, 0.3) is 0 Å². The van der Waals surface area contributed by atoms with E-state index in [2.05, 4.69) is 5.32 Å². The molecule has 3 unspecified atom stereocenters. The Hall–Kier alpha value is -1.34. The van der Waals surface area contributed by atoms with Gasteiger partial charge in [-0.15, -0.1) is 0 Å². The Morgan fingerprint density at radius 3 is 2.80 bits per heavy atom. The first-order valence-electron chi connectivity index (χ1n) is 7.00. The molecule has 0 bridgehead atoms. The van der Waals surface area contributed by atoms with E-state index in [4.69, 9.17) is 9.47 Å². The highest BCUT2D eigenvalue weighted by Gasteiger charge is 2.45. The van der Waals surface area contributed by atoms with E-state index < -0.39 is 11.5 Å². The van der Waals surface area contributed by atoms with Crippen molar-refractivity contribution in [3.8, 4) is 0 Å². The van der Waals surface area contributed by atoms with Gasteiger partial charge in [-0.2, -0.15) is 0 Å². The summed E-state index contributed by atoms with van der Waals surface area (Å²) in [5.74, 6) is -1.04. The molecule has 0 spiro atoms. The predicted molar refractivity (Wildman–Crippen MR) is 70.5 cm³/mol. The molecule has 20 heavy (non-hydrogen) atoms. The van der Waals surface area contributed by atoms with Gasteiger partial charge in [-0.3, -0.25) is 0 Å². The zero-order chi connectivity index (χ0) is 14.8. The Kier molecular flexibility index (Phi) is 4.49. The van der Waals surface area contributed by atoms with E-state index in [1.54, 1.807) is 4.90 Å². The molecule has 114 valence electrons. The molecule has 7 nitrogen and oxygen atoms in total. The number of urea groups is 1. The van der Waals surface area contributed by atoms with E-state index in [-0.39, 0.29) is 24.8 Å². The molecule has 0 aromatic heterocycles. The standard InChI is InChI=1S/C13H22N2O5/c1-3-10-7-20-9(2)6-15(10)12(18)14-13(11(16)17)4-5-19-8-13/h9-10H,3-8H2,1-2H3,(H,14,18)(H,16,17). The number of carboxylic acids is 1. The van der Waals surface area contributed by atoms with Crippen LogP contribution in [0.1, 0.15) is 26.7 Å². The van der Waals surface area contributed by atoms with E-state index in [0.717, 1.165) is 6.42 Å². The summed E-state index contributed by atoms with van der Waals surface area (Å²) in [5, 5.41) is 12.0. The maximum atomic E-state index is 12.4. The number of carbonyl (C=O) groups is 2. The Bertz CT molecular complexity index is 381. The summed E-state index contributed by atoms with van der Waals surface area (Å²) in [5.41, 5.74) is -1.29. The van der Waals surface area contributed by atoms with Crippen LogP contribution >= 0.6 is 0 Å². The van der Waals surface area contributed by atoms with Crippen molar-refractivity contribution in [1.29, 1.82) is 0 Å². The molecule has 2 saturated heterocycles. The molecule has 3 atom stereocenters. The number of nitrogens with one attached hydrogen (secondary N) is 1. The molecule has 2 amide bonds. The zero-order valence-corrected chi connectivity index (χ0v) is 11.9. The maximum absolute atomic E-state index is 12.4. The lowest BCUT2D eigenvalue weighted by Crippen LogP contribution is -2.62. The molecule has 2 aliphatic heterocycles. The number of morpholine rings is 1. The number of aliphatic carboxylic acids is 1. The first-order chi connectivity index (χ1) is 9.48. The predicted octanol–water partition coefficient (Wildman–Crippen LogP) is 0.439. The van der Waals surface area contributed by atoms with Crippen LogP contribution < -0.4 is 5.32 Å². The first kappa shape index (κ1) is 15.1. The summed E-state index contributed by atoms with van der Waals surface area (Å²) in [4.78, 5) is 25.5. The van der Waals surface area contributed by atoms with Crippen molar-refractivity contribution < 1.29 is 24.2 Å². The second kappa shape index (κ2) is 5.97. The maximum Gasteiger partial charge on any atom is 0.332 e. The Morgan fingerprint density at radius 1 is 1.50 bits per heavy atom. The fraction of sp³-hybridized carbons (Fsp3) is 0.846. The number of carbonyl (C=O) groups excluding carboxylic acids is 1. The van der Waals surface area contributed by atoms with E-state index in [1.807, 2.05) is 13.8 Å². The highest BCUT2D eigenvalue weighted by atomic mass is 16.5. The largest absolute Gasteiger partial charge is 0.479 e. The van der Waals surface area contributed by atoms with Crippen LogP contribution in [0.5, 0.6) is 0 Å². The number of amides is 2. The Labute approximate surface area is 118 Å². The fourth-order valence-corrected chi connectivity index (χ4v) is 2.59. The van der Waals surface area contributed by atoms with Crippen molar-refractivity contribution >= 4 is 12.0 Å². The van der Waals surface area contributed by atoms with Crippen LogP contribution in [0.4, 0.5) is 4.79 Å². The van der Waals surface area contributed by atoms with E-state index in [0.29, 0.717) is 26.2 Å². The van der Waals surface area contributed by atoms with Crippen LogP contribution in [0.3, 0.4) is 0 Å². The van der Waals surface area contributed by atoms with Crippen LogP contribution in [-0.4, -0.2) is 66.1 Å². The number of rotatable bonds is 3. The van der Waals surface area contributed by atoms with Gasteiger partial charge in [-0.25, -0.2) is 9.59 Å². The zero-order valence-electron chi connectivity index (χ0n) is 11.9. The lowest BCUT2D eigenvalue weighted by molar-refractivity contribution is -0.144. The second-order valence-corrected chi connectivity index (χ2v) is 5.48. The number of nitrogens with zero attached hydrogens (tertiary/aromatic N) is 1. The van der Waals surface area contributed by atoms with Gasteiger partial charge in [0, 0.05) is 19.6 Å². The van der Waals surface area contributed by atoms with Crippen LogP contribution in [0.2, 0.25) is 0 Å².